The van der Waals surface area contributed by atoms with Crippen molar-refractivity contribution in [3.8, 4) is 5.75 Å². The predicted octanol–water partition coefficient (Wildman–Crippen LogP) is 3.66. The van der Waals surface area contributed by atoms with Crippen LogP contribution in [-0.2, 0) is 11.2 Å². The van der Waals surface area contributed by atoms with Gasteiger partial charge in [0.1, 0.15) is 5.75 Å². The average molecular weight is 299 g/mol. The highest BCUT2D eigenvalue weighted by atomic mass is 32.2. The van der Waals surface area contributed by atoms with Crippen LogP contribution in [0.25, 0.3) is 0 Å². The summed E-state index contributed by atoms with van der Waals surface area (Å²) in [7, 11) is 1.61. The molecule has 0 fully saturated rings. The summed E-state index contributed by atoms with van der Waals surface area (Å²) in [6.45, 7) is 2.07. The maximum absolute atomic E-state index is 12.4. The third-order valence-corrected chi connectivity index (χ3v) is 4.85. The highest BCUT2D eigenvalue weighted by Crippen LogP contribution is 2.38. The van der Waals surface area contributed by atoms with Crippen LogP contribution in [0, 0.1) is 6.92 Å². The van der Waals surface area contributed by atoms with Crippen LogP contribution >= 0.6 is 11.8 Å². The fourth-order valence-corrected chi connectivity index (χ4v) is 3.73. The number of amides is 1. The Bertz CT molecular complexity index is 684. The third-order valence-electron chi connectivity index (χ3n) is 3.55. The summed E-state index contributed by atoms with van der Waals surface area (Å²) in [6, 6.07) is 13.8. The molecule has 1 aliphatic heterocycles. The Labute approximate surface area is 128 Å². The minimum Gasteiger partial charge on any atom is -0.495 e. The van der Waals surface area contributed by atoms with Gasteiger partial charge in [-0.3, -0.25) is 4.79 Å². The van der Waals surface area contributed by atoms with E-state index in [9.17, 15) is 4.79 Å². The lowest BCUT2D eigenvalue weighted by molar-refractivity contribution is -0.115. The number of fused-ring (bicyclic) bond motifs is 1. The first kappa shape index (κ1) is 14.0. The fraction of sp³-hybridized carbons (Fsp3) is 0.235. The van der Waals surface area contributed by atoms with Gasteiger partial charge in [0.25, 0.3) is 0 Å². The predicted molar refractivity (Wildman–Crippen MR) is 86.2 cm³/mol. The van der Waals surface area contributed by atoms with Gasteiger partial charge in [-0.15, -0.1) is 11.8 Å². The maximum atomic E-state index is 12.4. The van der Waals surface area contributed by atoms with Gasteiger partial charge in [0.15, 0.2) is 0 Å². The molecule has 2 aromatic rings. The number of rotatable bonds is 3. The van der Waals surface area contributed by atoms with Crippen molar-refractivity contribution in [1.82, 2.24) is 0 Å². The lowest BCUT2D eigenvalue weighted by atomic mass is 10.1. The number of thioether (sulfide) groups is 1. The molecule has 2 aromatic carbocycles. The van der Waals surface area contributed by atoms with Gasteiger partial charge >= 0.3 is 0 Å². The van der Waals surface area contributed by atoms with E-state index >= 15 is 0 Å². The number of benzene rings is 2. The Morgan fingerprint density at radius 1 is 1.29 bits per heavy atom. The van der Waals surface area contributed by atoms with Crippen LogP contribution in [0.4, 0.5) is 5.69 Å². The topological polar surface area (TPSA) is 38.3 Å². The molecule has 0 aliphatic carbocycles. The zero-order chi connectivity index (χ0) is 14.8. The number of aryl methyl sites for hydroxylation is 1. The first-order valence-corrected chi connectivity index (χ1v) is 7.75. The SMILES string of the molecule is COc1ccccc1NC(=O)[C@@H]1Cc2ccc(C)cc2S1. The summed E-state index contributed by atoms with van der Waals surface area (Å²) in [5, 5.41) is 2.89. The van der Waals surface area contributed by atoms with E-state index < -0.39 is 0 Å². The summed E-state index contributed by atoms with van der Waals surface area (Å²) in [4.78, 5) is 13.7. The number of nitrogens with one attached hydrogen (secondary N) is 1. The molecule has 0 aromatic heterocycles. The van der Waals surface area contributed by atoms with Crippen molar-refractivity contribution >= 4 is 23.4 Å². The Morgan fingerprint density at radius 3 is 2.90 bits per heavy atom. The van der Waals surface area contributed by atoms with Gasteiger partial charge in [-0.25, -0.2) is 0 Å². The first-order chi connectivity index (χ1) is 10.2. The molecule has 3 rings (SSSR count). The van der Waals surface area contributed by atoms with Crippen molar-refractivity contribution in [3.63, 3.8) is 0 Å². The number of carbonyl (C=O) groups excluding carboxylic acids is 1. The molecular formula is C17H17NO2S. The van der Waals surface area contributed by atoms with Gasteiger partial charge in [0.05, 0.1) is 18.0 Å². The van der Waals surface area contributed by atoms with Crippen LogP contribution in [0.3, 0.4) is 0 Å². The summed E-state index contributed by atoms with van der Waals surface area (Å²) in [5.74, 6) is 0.709. The molecular weight excluding hydrogens is 282 g/mol. The normalized spacial score (nSPS) is 16.4. The smallest absolute Gasteiger partial charge is 0.238 e. The maximum Gasteiger partial charge on any atom is 0.238 e. The van der Waals surface area contributed by atoms with Crippen molar-refractivity contribution < 1.29 is 9.53 Å². The highest BCUT2D eigenvalue weighted by molar-refractivity contribution is 8.01. The third kappa shape index (κ3) is 2.90. The van der Waals surface area contributed by atoms with E-state index in [0.717, 1.165) is 12.1 Å². The molecule has 1 aliphatic rings. The second kappa shape index (κ2) is 5.82. The summed E-state index contributed by atoms with van der Waals surface area (Å²) in [6.07, 6.45) is 0.779. The van der Waals surface area contributed by atoms with Crippen LogP contribution in [-0.4, -0.2) is 18.3 Å². The van der Waals surface area contributed by atoms with Crippen LogP contribution in [0.2, 0.25) is 0 Å². The standard InChI is InChI=1S/C17H17NO2S/c1-11-7-8-12-10-16(21-15(12)9-11)17(19)18-13-5-3-4-6-14(13)20-2/h3-9,16H,10H2,1-2H3,(H,18,19)/t16-/m0/s1. The van der Waals surface area contributed by atoms with Crippen LogP contribution in [0.1, 0.15) is 11.1 Å². The van der Waals surface area contributed by atoms with Gasteiger partial charge in [-0.05, 0) is 37.1 Å². The summed E-state index contributed by atoms with van der Waals surface area (Å²) >= 11 is 1.64. The van der Waals surface area contributed by atoms with Crippen LogP contribution in [0.5, 0.6) is 5.75 Å². The van der Waals surface area contributed by atoms with Gasteiger partial charge in [-0.2, -0.15) is 0 Å². The minimum atomic E-state index is -0.0771. The largest absolute Gasteiger partial charge is 0.495 e. The van der Waals surface area contributed by atoms with Crippen molar-refractivity contribution in [1.29, 1.82) is 0 Å². The zero-order valence-electron chi connectivity index (χ0n) is 12.1. The molecule has 1 amide bonds. The Morgan fingerprint density at radius 2 is 2.10 bits per heavy atom. The quantitative estimate of drug-likeness (QED) is 0.940. The summed E-state index contributed by atoms with van der Waals surface area (Å²) < 4.78 is 5.26. The van der Waals surface area contributed by atoms with E-state index in [-0.39, 0.29) is 11.2 Å². The second-order valence-electron chi connectivity index (χ2n) is 5.11. The lowest BCUT2D eigenvalue weighted by Crippen LogP contribution is -2.24. The molecule has 1 N–H and O–H groups in total. The second-order valence-corrected chi connectivity index (χ2v) is 6.36. The van der Waals surface area contributed by atoms with Gasteiger partial charge in [-0.1, -0.05) is 29.8 Å². The monoisotopic (exact) mass is 299 g/mol. The van der Waals surface area contributed by atoms with E-state index in [1.807, 2.05) is 24.3 Å². The fourth-order valence-electron chi connectivity index (χ4n) is 2.44. The van der Waals surface area contributed by atoms with Crippen LogP contribution < -0.4 is 10.1 Å². The average Bonchev–Trinajstić information content (AvgIpc) is 2.91. The van der Waals surface area contributed by atoms with E-state index in [0.29, 0.717) is 5.75 Å². The Hall–Kier alpha value is -1.94. The molecule has 0 radical (unpaired) electrons. The molecule has 3 nitrogen and oxygen atoms in total. The molecule has 1 heterocycles. The highest BCUT2D eigenvalue weighted by Gasteiger charge is 2.28. The molecule has 0 spiro atoms. The Balaban J connectivity index is 1.73. The van der Waals surface area contributed by atoms with Gasteiger partial charge in [0.2, 0.25) is 5.91 Å². The number of hydrogen-bond acceptors (Lipinski definition) is 3. The lowest BCUT2D eigenvalue weighted by Gasteiger charge is -2.12. The number of carbonyl (C=O) groups is 1. The Kier molecular flexibility index (Phi) is 3.88. The molecule has 0 bridgehead atoms. The van der Waals surface area contributed by atoms with Crippen molar-refractivity contribution in [3.05, 3.63) is 53.6 Å². The van der Waals surface area contributed by atoms with E-state index in [4.69, 9.17) is 4.74 Å². The van der Waals surface area contributed by atoms with E-state index in [2.05, 4.69) is 30.4 Å². The molecule has 0 saturated carbocycles. The molecule has 108 valence electrons. The van der Waals surface area contributed by atoms with Crippen molar-refractivity contribution in [2.24, 2.45) is 0 Å². The minimum absolute atomic E-state index is 0.0263. The number of para-hydroxylation sites is 2. The number of anilines is 1. The molecule has 1 atom stereocenters. The number of hydrogen-bond donors (Lipinski definition) is 1. The summed E-state index contributed by atoms with van der Waals surface area (Å²) in [5.41, 5.74) is 3.20. The van der Waals surface area contributed by atoms with Crippen LogP contribution in [0.15, 0.2) is 47.4 Å². The van der Waals surface area contributed by atoms with Crippen molar-refractivity contribution in [2.75, 3.05) is 12.4 Å². The van der Waals surface area contributed by atoms with Gasteiger partial charge in [0, 0.05) is 4.90 Å². The first-order valence-electron chi connectivity index (χ1n) is 6.87. The number of ether oxygens (including phenoxy) is 1. The molecule has 0 unspecified atom stereocenters. The van der Waals surface area contributed by atoms with Crippen molar-refractivity contribution in [2.45, 2.75) is 23.5 Å². The molecule has 4 heteroatoms. The number of methoxy groups -OCH3 is 1. The van der Waals surface area contributed by atoms with Gasteiger partial charge < -0.3 is 10.1 Å². The van der Waals surface area contributed by atoms with E-state index in [1.54, 1.807) is 18.9 Å². The zero-order valence-corrected chi connectivity index (χ0v) is 12.9. The van der Waals surface area contributed by atoms with E-state index in [1.165, 1.54) is 16.0 Å². The molecule has 0 saturated heterocycles. The molecule has 21 heavy (non-hydrogen) atoms.